The number of nitriles is 1. The number of hydrogen-bond acceptors (Lipinski definition) is 2. The zero-order valence-electron chi connectivity index (χ0n) is 11.1. The molecule has 1 saturated heterocycles. The van der Waals surface area contributed by atoms with Gasteiger partial charge in [0.15, 0.2) is 0 Å². The van der Waals surface area contributed by atoms with Gasteiger partial charge in [0, 0.05) is 13.1 Å². The molecule has 1 fully saturated rings. The van der Waals surface area contributed by atoms with E-state index in [4.69, 9.17) is 0 Å². The molecular weight excluding hydrogens is 214 g/mol. The molecule has 1 heterocycles. The topological polar surface area (TPSA) is 56.1 Å². The van der Waals surface area contributed by atoms with Crippen LogP contribution in [0.5, 0.6) is 0 Å². The van der Waals surface area contributed by atoms with E-state index in [2.05, 4.69) is 18.3 Å². The van der Waals surface area contributed by atoms with E-state index in [9.17, 15) is 10.1 Å². The Balaban J connectivity index is 2.61. The van der Waals surface area contributed by atoms with E-state index in [-0.39, 0.29) is 6.03 Å². The van der Waals surface area contributed by atoms with Crippen molar-refractivity contribution in [2.75, 3.05) is 13.1 Å². The van der Waals surface area contributed by atoms with Crippen molar-refractivity contribution in [1.29, 1.82) is 5.26 Å². The highest BCUT2D eigenvalue weighted by atomic mass is 16.2. The van der Waals surface area contributed by atoms with Crippen LogP contribution in [0.25, 0.3) is 0 Å². The molecule has 0 radical (unpaired) electrons. The van der Waals surface area contributed by atoms with Gasteiger partial charge in [-0.05, 0) is 31.6 Å². The minimum absolute atomic E-state index is 0.0817. The maximum atomic E-state index is 12.1. The number of carbonyl (C=O) groups excluding carboxylic acids is 1. The van der Waals surface area contributed by atoms with Crippen LogP contribution in [0.2, 0.25) is 0 Å². The third-order valence-corrected chi connectivity index (χ3v) is 3.71. The monoisotopic (exact) mass is 237 g/mol. The van der Waals surface area contributed by atoms with Crippen LogP contribution in [0.3, 0.4) is 0 Å². The molecule has 0 saturated carbocycles. The van der Waals surface area contributed by atoms with E-state index in [1.165, 1.54) is 6.42 Å². The minimum Gasteiger partial charge on any atom is -0.325 e. The highest BCUT2D eigenvalue weighted by molar-refractivity contribution is 5.75. The summed E-state index contributed by atoms with van der Waals surface area (Å²) in [7, 11) is 0. The van der Waals surface area contributed by atoms with Crippen molar-refractivity contribution in [3.8, 4) is 6.07 Å². The molecule has 96 valence electrons. The lowest BCUT2D eigenvalue weighted by molar-refractivity contribution is 0.161. The van der Waals surface area contributed by atoms with E-state index in [0.717, 1.165) is 19.5 Å². The zero-order valence-corrected chi connectivity index (χ0v) is 11.1. The average Bonchev–Trinajstić information content (AvgIpc) is 2.36. The molecule has 0 aromatic heterocycles. The first-order valence-corrected chi connectivity index (χ1v) is 6.55. The lowest BCUT2D eigenvalue weighted by atomic mass is 9.95. The maximum Gasteiger partial charge on any atom is 0.318 e. The van der Waals surface area contributed by atoms with Crippen molar-refractivity contribution in [1.82, 2.24) is 10.2 Å². The Hall–Kier alpha value is -1.24. The summed E-state index contributed by atoms with van der Waals surface area (Å²) >= 11 is 0. The number of piperidine rings is 1. The average molecular weight is 237 g/mol. The van der Waals surface area contributed by atoms with Crippen molar-refractivity contribution in [2.45, 2.75) is 52.0 Å². The van der Waals surface area contributed by atoms with Crippen LogP contribution in [0, 0.1) is 17.2 Å². The van der Waals surface area contributed by atoms with E-state index < -0.39 is 5.54 Å². The molecule has 0 aromatic carbocycles. The number of likely N-dealkylation sites (tertiary alicyclic amines) is 1. The third kappa shape index (κ3) is 3.36. The summed E-state index contributed by atoms with van der Waals surface area (Å²) < 4.78 is 0. The molecule has 0 aromatic rings. The molecule has 17 heavy (non-hydrogen) atoms. The first kappa shape index (κ1) is 13.8. The molecule has 1 atom stereocenters. The first-order chi connectivity index (χ1) is 8.06. The molecule has 0 aliphatic carbocycles. The molecule has 1 aliphatic heterocycles. The zero-order chi connectivity index (χ0) is 12.9. The Morgan fingerprint density at radius 2 is 2.18 bits per heavy atom. The van der Waals surface area contributed by atoms with Gasteiger partial charge in [-0.3, -0.25) is 0 Å². The number of hydrogen-bond donors (Lipinski definition) is 1. The number of nitrogens with one attached hydrogen (secondary N) is 1. The van der Waals surface area contributed by atoms with Gasteiger partial charge in [-0.1, -0.05) is 20.8 Å². The van der Waals surface area contributed by atoms with Crippen LogP contribution in [0.15, 0.2) is 0 Å². The predicted octanol–water partition coefficient (Wildman–Crippen LogP) is 2.51. The summed E-state index contributed by atoms with van der Waals surface area (Å²) in [6.07, 6.45) is 3.55. The Bertz CT molecular complexity index is 304. The van der Waals surface area contributed by atoms with Crippen LogP contribution in [-0.2, 0) is 0 Å². The summed E-state index contributed by atoms with van der Waals surface area (Å²) in [6.45, 7) is 7.65. The van der Waals surface area contributed by atoms with Crippen molar-refractivity contribution in [3.63, 3.8) is 0 Å². The van der Waals surface area contributed by atoms with Gasteiger partial charge in [0.1, 0.15) is 5.54 Å². The summed E-state index contributed by atoms with van der Waals surface area (Å²) in [4.78, 5) is 13.9. The van der Waals surface area contributed by atoms with E-state index in [1.54, 1.807) is 0 Å². The van der Waals surface area contributed by atoms with Gasteiger partial charge in [-0.2, -0.15) is 5.26 Å². The summed E-state index contributed by atoms with van der Waals surface area (Å²) in [6, 6.07) is 2.16. The Kier molecular flexibility index (Phi) is 4.80. The molecule has 4 heteroatoms. The fourth-order valence-electron chi connectivity index (χ4n) is 2.27. The van der Waals surface area contributed by atoms with Gasteiger partial charge in [0.25, 0.3) is 0 Å². The van der Waals surface area contributed by atoms with Crippen molar-refractivity contribution in [2.24, 2.45) is 5.92 Å². The van der Waals surface area contributed by atoms with Gasteiger partial charge in [0.2, 0.25) is 0 Å². The second-order valence-corrected chi connectivity index (χ2v) is 5.02. The van der Waals surface area contributed by atoms with Crippen molar-refractivity contribution in [3.05, 3.63) is 0 Å². The maximum absolute atomic E-state index is 12.1. The number of amides is 2. The lowest BCUT2D eigenvalue weighted by Gasteiger charge is -2.34. The number of carbonyl (C=O) groups is 1. The van der Waals surface area contributed by atoms with Crippen LogP contribution in [0.4, 0.5) is 4.79 Å². The normalized spacial score (nSPS) is 20.8. The van der Waals surface area contributed by atoms with Crippen LogP contribution < -0.4 is 5.32 Å². The largest absolute Gasteiger partial charge is 0.325 e. The molecule has 1 rings (SSSR count). The molecule has 0 spiro atoms. The molecule has 1 aliphatic rings. The lowest BCUT2D eigenvalue weighted by Crippen LogP contribution is -2.53. The molecular formula is C13H23N3O. The molecule has 1 unspecified atom stereocenters. The van der Waals surface area contributed by atoms with E-state index in [0.29, 0.717) is 18.8 Å². The van der Waals surface area contributed by atoms with Gasteiger partial charge in [-0.15, -0.1) is 0 Å². The standard InChI is InChI=1S/C13H23N3O/c1-4-13(5-2,10-14)15-12(17)16-8-6-7-11(3)9-16/h11H,4-9H2,1-3H3,(H,15,17). The Labute approximate surface area is 104 Å². The van der Waals surface area contributed by atoms with Crippen LogP contribution in [-0.4, -0.2) is 29.6 Å². The molecule has 0 bridgehead atoms. The van der Waals surface area contributed by atoms with Gasteiger partial charge in [-0.25, -0.2) is 4.79 Å². The Morgan fingerprint density at radius 3 is 2.65 bits per heavy atom. The van der Waals surface area contributed by atoms with Crippen LogP contribution in [0.1, 0.15) is 46.5 Å². The van der Waals surface area contributed by atoms with Gasteiger partial charge in [0.05, 0.1) is 6.07 Å². The number of rotatable bonds is 3. The second kappa shape index (κ2) is 5.90. The summed E-state index contributed by atoms with van der Waals surface area (Å²) in [5.41, 5.74) is -0.697. The van der Waals surface area contributed by atoms with E-state index in [1.807, 2.05) is 18.7 Å². The van der Waals surface area contributed by atoms with E-state index >= 15 is 0 Å². The summed E-state index contributed by atoms with van der Waals surface area (Å²) in [5, 5.41) is 12.1. The minimum atomic E-state index is -0.697. The Morgan fingerprint density at radius 1 is 1.53 bits per heavy atom. The molecule has 1 N–H and O–H groups in total. The second-order valence-electron chi connectivity index (χ2n) is 5.02. The quantitative estimate of drug-likeness (QED) is 0.820. The highest BCUT2D eigenvalue weighted by Crippen LogP contribution is 2.18. The van der Waals surface area contributed by atoms with Crippen LogP contribution >= 0.6 is 0 Å². The van der Waals surface area contributed by atoms with Gasteiger partial charge >= 0.3 is 6.03 Å². The number of nitrogens with zero attached hydrogens (tertiary/aromatic N) is 2. The van der Waals surface area contributed by atoms with Gasteiger partial charge < -0.3 is 10.2 Å². The first-order valence-electron chi connectivity index (χ1n) is 6.55. The number of urea groups is 1. The van der Waals surface area contributed by atoms with Crippen molar-refractivity contribution < 1.29 is 4.79 Å². The summed E-state index contributed by atoms with van der Waals surface area (Å²) in [5.74, 6) is 0.564. The molecule has 2 amide bonds. The fourth-order valence-corrected chi connectivity index (χ4v) is 2.27. The highest BCUT2D eigenvalue weighted by Gasteiger charge is 2.31. The smallest absolute Gasteiger partial charge is 0.318 e. The SMILES string of the molecule is CCC(C#N)(CC)NC(=O)N1CCCC(C)C1. The molecule has 4 nitrogen and oxygen atoms in total. The third-order valence-electron chi connectivity index (χ3n) is 3.71. The van der Waals surface area contributed by atoms with Crippen molar-refractivity contribution >= 4 is 6.03 Å². The fraction of sp³-hybridized carbons (Fsp3) is 0.846. The predicted molar refractivity (Wildman–Crippen MR) is 67.4 cm³/mol.